The maximum Gasteiger partial charge on any atom is 0.0260 e. The highest BCUT2D eigenvalue weighted by Gasteiger charge is 1.92. The summed E-state index contributed by atoms with van der Waals surface area (Å²) in [5, 5.41) is 0. The van der Waals surface area contributed by atoms with E-state index in [1.165, 1.54) is 17.3 Å². The van der Waals surface area contributed by atoms with Gasteiger partial charge in [-0.1, -0.05) is 29.5 Å². The fourth-order valence-electron chi connectivity index (χ4n) is 0.230. The minimum absolute atomic E-state index is 0.466. The molecular weight excluding hydrogens is 329 g/mol. The van der Waals surface area contributed by atoms with E-state index < -0.39 is 0 Å². The Balaban J connectivity index is 0. The lowest BCUT2D eigenvalue weighted by Gasteiger charge is -1.95. The second kappa shape index (κ2) is 15.1. The van der Waals surface area contributed by atoms with Gasteiger partial charge in [0.2, 0.25) is 0 Å². The first-order valence-corrected chi connectivity index (χ1v) is 7.09. The molecule has 0 amide bonds. The van der Waals surface area contributed by atoms with Crippen LogP contribution in [0.15, 0.2) is 0 Å². The molecule has 12 heavy (non-hydrogen) atoms. The van der Waals surface area contributed by atoms with Crippen molar-refractivity contribution in [2.24, 2.45) is 5.92 Å². The number of unbranched alkanes of at least 4 members (excludes halogenated alkanes) is 1. The minimum atomic E-state index is 0.466. The molecule has 76 valence electrons. The van der Waals surface area contributed by atoms with Crippen molar-refractivity contribution in [1.82, 2.24) is 0 Å². The van der Waals surface area contributed by atoms with Gasteiger partial charge in [-0.25, -0.2) is 0 Å². The van der Waals surface area contributed by atoms with Gasteiger partial charge in [0.15, 0.2) is 0 Å². The molecule has 0 unspecified atom stereocenters. The van der Waals surface area contributed by atoms with Crippen LogP contribution in [0.2, 0.25) is 0 Å². The van der Waals surface area contributed by atoms with Crippen LogP contribution in [0.5, 0.6) is 0 Å². The molecule has 0 bridgehead atoms. The molecule has 0 fully saturated rings. The topological polar surface area (TPSA) is 0 Å². The maximum absolute atomic E-state index is 5.38. The molecule has 0 atom stereocenters. The van der Waals surface area contributed by atoms with Gasteiger partial charge in [0.25, 0.3) is 0 Å². The van der Waals surface area contributed by atoms with Crippen molar-refractivity contribution in [2.45, 2.75) is 19.8 Å². The Bertz CT molecular complexity index is 63.3. The van der Waals surface area contributed by atoms with Crippen LogP contribution in [-0.4, -0.2) is 22.1 Å². The van der Waals surface area contributed by atoms with Crippen LogP contribution in [0.1, 0.15) is 19.8 Å². The first-order valence-electron chi connectivity index (χ1n) is 3.96. The average Bonchev–Trinajstić information content (AvgIpc) is 2.14. The normalized spacial score (nSPS) is 9.50. The van der Waals surface area contributed by atoms with E-state index in [2.05, 4.69) is 22.6 Å². The Kier molecular flexibility index (Phi) is 20.2. The molecule has 0 saturated carbocycles. The third kappa shape index (κ3) is 17.6. The highest BCUT2D eigenvalue weighted by Crippen LogP contribution is 1.98. The van der Waals surface area contributed by atoms with Crippen LogP contribution in [0.25, 0.3) is 0 Å². The van der Waals surface area contributed by atoms with Crippen molar-refractivity contribution in [3.63, 3.8) is 0 Å². The van der Waals surface area contributed by atoms with Gasteiger partial charge < -0.3 is 0 Å². The minimum Gasteiger partial charge on any atom is -0.127 e. The molecule has 4 heteroatoms. The molecule has 0 aliphatic heterocycles. The zero-order valence-electron chi connectivity index (χ0n) is 7.33. The summed E-state index contributed by atoms with van der Waals surface area (Å²) < 4.78 is 1.24. The Hall–Kier alpha value is 1.60. The van der Waals surface area contributed by atoms with E-state index in [1.54, 1.807) is 0 Å². The smallest absolute Gasteiger partial charge is 0.0260 e. The second-order valence-corrected chi connectivity index (χ2v) is 4.57. The van der Waals surface area contributed by atoms with Crippen LogP contribution < -0.4 is 0 Å². The van der Waals surface area contributed by atoms with E-state index in [-0.39, 0.29) is 0 Å². The van der Waals surface area contributed by atoms with Crippen LogP contribution in [-0.2, 0) is 0 Å². The number of halogens is 4. The van der Waals surface area contributed by atoms with Crippen LogP contribution >= 0.6 is 57.4 Å². The predicted molar refractivity (Wildman–Crippen MR) is 69.4 cm³/mol. The SMILES string of the molecule is CC(CCl)CCl.ClCCCCI. The van der Waals surface area contributed by atoms with Gasteiger partial charge in [-0.2, -0.15) is 0 Å². The summed E-state index contributed by atoms with van der Waals surface area (Å²) in [6, 6.07) is 0. The van der Waals surface area contributed by atoms with E-state index in [9.17, 15) is 0 Å². The number of hydrogen-bond acceptors (Lipinski definition) is 0. The third-order valence-corrected chi connectivity index (χ3v) is 3.13. The molecule has 0 N–H and O–H groups in total. The summed E-state index contributed by atoms with van der Waals surface area (Å²) in [7, 11) is 0. The fraction of sp³-hybridized carbons (Fsp3) is 1.00. The first-order chi connectivity index (χ1) is 5.72. The summed E-state index contributed by atoms with van der Waals surface area (Å²) in [4.78, 5) is 0. The largest absolute Gasteiger partial charge is 0.127 e. The molecule has 0 radical (unpaired) electrons. The summed E-state index contributed by atoms with van der Waals surface area (Å²) in [5.41, 5.74) is 0. The molecule has 0 saturated heterocycles. The Morgan fingerprint density at radius 2 is 1.58 bits per heavy atom. The van der Waals surface area contributed by atoms with Crippen molar-refractivity contribution in [3.05, 3.63) is 0 Å². The van der Waals surface area contributed by atoms with Crippen molar-refractivity contribution in [1.29, 1.82) is 0 Å². The number of alkyl halides is 4. The molecule has 0 aromatic heterocycles. The molecule has 0 aromatic carbocycles. The molecule has 0 heterocycles. The Morgan fingerprint density at radius 3 is 1.67 bits per heavy atom. The van der Waals surface area contributed by atoms with Crippen LogP contribution in [0.4, 0.5) is 0 Å². The summed E-state index contributed by atoms with van der Waals surface area (Å²) in [6.45, 7) is 2.01. The highest BCUT2D eigenvalue weighted by molar-refractivity contribution is 14.1. The van der Waals surface area contributed by atoms with Gasteiger partial charge >= 0.3 is 0 Å². The molecule has 0 rings (SSSR count). The quantitative estimate of drug-likeness (QED) is 0.390. The maximum atomic E-state index is 5.38. The molecular formula is C8H16Cl3I. The highest BCUT2D eigenvalue weighted by atomic mass is 127. The van der Waals surface area contributed by atoms with Gasteiger partial charge in [-0.15, -0.1) is 34.8 Å². The van der Waals surface area contributed by atoms with Gasteiger partial charge in [0.1, 0.15) is 0 Å². The summed E-state index contributed by atoms with van der Waals surface area (Å²) in [5.74, 6) is 2.63. The van der Waals surface area contributed by atoms with E-state index >= 15 is 0 Å². The molecule has 0 spiro atoms. The fourth-order valence-corrected chi connectivity index (χ4v) is 1.29. The van der Waals surface area contributed by atoms with Gasteiger partial charge in [-0.05, 0) is 23.2 Å². The van der Waals surface area contributed by atoms with Crippen molar-refractivity contribution in [2.75, 3.05) is 22.1 Å². The summed E-state index contributed by atoms with van der Waals surface area (Å²) in [6.07, 6.45) is 2.44. The van der Waals surface area contributed by atoms with E-state index in [4.69, 9.17) is 34.8 Å². The van der Waals surface area contributed by atoms with Gasteiger partial charge in [-0.3, -0.25) is 0 Å². The van der Waals surface area contributed by atoms with Gasteiger partial charge in [0, 0.05) is 17.6 Å². The van der Waals surface area contributed by atoms with Gasteiger partial charge in [0.05, 0.1) is 0 Å². The zero-order valence-corrected chi connectivity index (χ0v) is 11.8. The van der Waals surface area contributed by atoms with E-state index in [0.29, 0.717) is 17.7 Å². The lowest BCUT2D eigenvalue weighted by Crippen LogP contribution is -1.94. The van der Waals surface area contributed by atoms with E-state index in [1.807, 2.05) is 6.92 Å². The van der Waals surface area contributed by atoms with Crippen molar-refractivity contribution in [3.8, 4) is 0 Å². The average molecular weight is 345 g/mol. The van der Waals surface area contributed by atoms with Crippen molar-refractivity contribution < 1.29 is 0 Å². The Morgan fingerprint density at radius 1 is 1.08 bits per heavy atom. The molecule has 0 aromatic rings. The molecule has 0 nitrogen and oxygen atoms in total. The third-order valence-electron chi connectivity index (χ3n) is 1.04. The molecule has 0 aliphatic carbocycles. The zero-order chi connectivity index (χ0) is 9.82. The lowest BCUT2D eigenvalue weighted by molar-refractivity contribution is 0.754. The number of rotatable bonds is 5. The Labute approximate surface area is 104 Å². The standard InChI is InChI=1S/C4H8Cl2.C4H8ClI/c1-4(2-5)3-6;5-3-1-2-4-6/h4H,2-3H2,1H3;1-4H2. The van der Waals surface area contributed by atoms with Crippen LogP contribution in [0, 0.1) is 5.92 Å². The van der Waals surface area contributed by atoms with E-state index in [0.717, 1.165) is 5.88 Å². The monoisotopic (exact) mass is 344 g/mol. The first kappa shape index (κ1) is 16.0. The predicted octanol–water partition coefficient (Wildman–Crippen LogP) is 4.54. The van der Waals surface area contributed by atoms with Crippen molar-refractivity contribution >= 4 is 57.4 Å². The summed E-state index contributed by atoms with van der Waals surface area (Å²) >= 11 is 18.5. The second-order valence-electron chi connectivity index (χ2n) is 2.50. The lowest BCUT2D eigenvalue weighted by atomic mass is 10.3. The molecule has 0 aliphatic rings. The van der Waals surface area contributed by atoms with Crippen LogP contribution in [0.3, 0.4) is 0 Å². The number of hydrogen-bond donors (Lipinski definition) is 0.